The van der Waals surface area contributed by atoms with E-state index in [2.05, 4.69) is 38.1 Å². The van der Waals surface area contributed by atoms with Crippen molar-refractivity contribution < 1.29 is 4.79 Å². The van der Waals surface area contributed by atoms with Crippen molar-refractivity contribution in [2.45, 2.75) is 45.4 Å². The lowest BCUT2D eigenvalue weighted by atomic mass is 9.77. The van der Waals surface area contributed by atoms with Crippen molar-refractivity contribution in [3.05, 3.63) is 35.4 Å². The topological polar surface area (TPSA) is 43.1 Å². The molecular weight excluding hydrogens is 234 g/mol. The monoisotopic (exact) mass is 259 g/mol. The third-order valence-corrected chi connectivity index (χ3v) is 4.41. The number of rotatable bonds is 5. The number of Topliss-reactive ketones (excluding diaryl/α,β-unsaturated/α-hetero) is 1. The molecule has 0 spiro atoms. The van der Waals surface area contributed by atoms with Gasteiger partial charge in [0.05, 0.1) is 0 Å². The predicted octanol–water partition coefficient (Wildman–Crippen LogP) is 3.30. The second-order valence-electron chi connectivity index (χ2n) is 6.04. The predicted molar refractivity (Wildman–Crippen MR) is 79.1 cm³/mol. The van der Waals surface area contributed by atoms with Crippen molar-refractivity contribution in [3.63, 3.8) is 0 Å². The number of fused-ring (bicyclic) bond motifs is 1. The van der Waals surface area contributed by atoms with E-state index >= 15 is 0 Å². The molecule has 2 rings (SSSR count). The van der Waals surface area contributed by atoms with E-state index in [4.69, 9.17) is 5.73 Å². The second kappa shape index (κ2) is 6.33. The summed E-state index contributed by atoms with van der Waals surface area (Å²) in [5.41, 5.74) is 8.57. The lowest BCUT2D eigenvalue weighted by molar-refractivity contribution is -0.124. The van der Waals surface area contributed by atoms with E-state index in [1.165, 1.54) is 17.5 Å². The molecule has 0 aliphatic heterocycles. The highest BCUT2D eigenvalue weighted by atomic mass is 16.1. The molecule has 0 radical (unpaired) electrons. The summed E-state index contributed by atoms with van der Waals surface area (Å²) < 4.78 is 0. The van der Waals surface area contributed by atoms with Crippen LogP contribution in [0.1, 0.15) is 50.2 Å². The molecule has 2 N–H and O–H groups in total. The van der Waals surface area contributed by atoms with Crippen LogP contribution in [0.4, 0.5) is 0 Å². The largest absolute Gasteiger partial charge is 0.330 e. The lowest BCUT2D eigenvalue weighted by Crippen LogP contribution is -2.30. The molecule has 0 saturated heterocycles. The van der Waals surface area contributed by atoms with Crippen molar-refractivity contribution in [3.8, 4) is 0 Å². The zero-order valence-electron chi connectivity index (χ0n) is 12.1. The average Bonchev–Trinajstić information content (AvgIpc) is 2.39. The molecule has 0 saturated carbocycles. The van der Waals surface area contributed by atoms with Crippen molar-refractivity contribution in [2.24, 2.45) is 17.6 Å². The fourth-order valence-corrected chi connectivity index (χ4v) is 3.24. The van der Waals surface area contributed by atoms with Gasteiger partial charge in [-0.15, -0.1) is 0 Å². The zero-order chi connectivity index (χ0) is 13.8. The molecule has 0 bridgehead atoms. The molecule has 104 valence electrons. The van der Waals surface area contributed by atoms with Gasteiger partial charge in [-0.1, -0.05) is 38.1 Å². The van der Waals surface area contributed by atoms with Crippen molar-refractivity contribution >= 4 is 5.78 Å². The molecule has 0 fully saturated rings. The number of carbonyl (C=O) groups is 1. The molecule has 1 aliphatic carbocycles. The van der Waals surface area contributed by atoms with Crippen LogP contribution in [0.15, 0.2) is 24.3 Å². The summed E-state index contributed by atoms with van der Waals surface area (Å²) in [7, 11) is 0. The maximum absolute atomic E-state index is 12.4. The molecular formula is C17H25NO. The molecule has 0 aromatic heterocycles. The van der Waals surface area contributed by atoms with Crippen LogP contribution >= 0.6 is 0 Å². The quantitative estimate of drug-likeness (QED) is 0.881. The normalized spacial score (nSPS) is 20.1. The molecule has 1 aromatic rings. The Bertz CT molecular complexity index is 439. The van der Waals surface area contributed by atoms with Crippen molar-refractivity contribution in [1.82, 2.24) is 0 Å². The standard InChI is InChI=1S/C17H25NO/c1-12(2)16(11-18)17(19)10-14-8-5-7-13-6-3-4-9-15(13)14/h3-4,6,9,12,14,16H,5,7-8,10-11,18H2,1-2H3. The van der Waals surface area contributed by atoms with Crippen LogP contribution in [0.25, 0.3) is 0 Å². The minimum absolute atomic E-state index is 0.0223. The average molecular weight is 259 g/mol. The minimum Gasteiger partial charge on any atom is -0.330 e. The first-order valence-electron chi connectivity index (χ1n) is 7.44. The van der Waals surface area contributed by atoms with Gasteiger partial charge in [0.1, 0.15) is 5.78 Å². The van der Waals surface area contributed by atoms with Crippen LogP contribution < -0.4 is 5.73 Å². The Morgan fingerprint density at radius 1 is 1.37 bits per heavy atom. The highest BCUT2D eigenvalue weighted by Gasteiger charge is 2.27. The van der Waals surface area contributed by atoms with Gasteiger partial charge in [-0.25, -0.2) is 0 Å². The van der Waals surface area contributed by atoms with Gasteiger partial charge in [-0.05, 0) is 42.2 Å². The molecule has 2 atom stereocenters. The number of hydrogen-bond acceptors (Lipinski definition) is 2. The summed E-state index contributed by atoms with van der Waals surface area (Å²) >= 11 is 0. The van der Waals surface area contributed by atoms with Crippen LogP contribution in [-0.2, 0) is 11.2 Å². The fourth-order valence-electron chi connectivity index (χ4n) is 3.24. The number of carbonyl (C=O) groups excluding carboxylic acids is 1. The Labute approximate surface area is 116 Å². The Hall–Kier alpha value is -1.15. The van der Waals surface area contributed by atoms with Crippen molar-refractivity contribution in [2.75, 3.05) is 6.54 Å². The van der Waals surface area contributed by atoms with E-state index in [1.54, 1.807) is 0 Å². The van der Waals surface area contributed by atoms with Gasteiger partial charge in [-0.3, -0.25) is 4.79 Å². The lowest BCUT2D eigenvalue weighted by Gasteiger charge is -2.27. The Balaban J connectivity index is 2.10. The second-order valence-corrected chi connectivity index (χ2v) is 6.04. The first kappa shape index (κ1) is 14.3. The first-order valence-corrected chi connectivity index (χ1v) is 7.44. The van der Waals surface area contributed by atoms with Crippen LogP contribution in [0.3, 0.4) is 0 Å². The molecule has 0 amide bonds. The molecule has 2 heteroatoms. The Morgan fingerprint density at radius 2 is 2.11 bits per heavy atom. The third kappa shape index (κ3) is 3.24. The molecule has 0 heterocycles. The summed E-state index contributed by atoms with van der Waals surface area (Å²) in [6.45, 7) is 4.65. The van der Waals surface area contributed by atoms with Crippen LogP contribution in [-0.4, -0.2) is 12.3 Å². The molecule has 2 nitrogen and oxygen atoms in total. The summed E-state index contributed by atoms with van der Waals surface area (Å²) in [6, 6.07) is 8.58. The van der Waals surface area contributed by atoms with Gasteiger partial charge in [0.2, 0.25) is 0 Å². The minimum atomic E-state index is 0.0223. The third-order valence-electron chi connectivity index (χ3n) is 4.41. The first-order chi connectivity index (χ1) is 9.13. The molecule has 2 unspecified atom stereocenters. The summed E-state index contributed by atoms with van der Waals surface area (Å²) in [5.74, 6) is 1.12. The van der Waals surface area contributed by atoms with E-state index in [9.17, 15) is 4.79 Å². The van der Waals surface area contributed by atoms with E-state index in [0.29, 0.717) is 30.6 Å². The number of benzene rings is 1. The van der Waals surface area contributed by atoms with Gasteiger partial charge >= 0.3 is 0 Å². The van der Waals surface area contributed by atoms with E-state index < -0.39 is 0 Å². The number of ketones is 1. The van der Waals surface area contributed by atoms with E-state index in [-0.39, 0.29) is 5.92 Å². The zero-order valence-corrected chi connectivity index (χ0v) is 12.1. The van der Waals surface area contributed by atoms with E-state index in [1.807, 2.05) is 0 Å². The number of nitrogens with two attached hydrogens (primary N) is 1. The summed E-state index contributed by atoms with van der Waals surface area (Å²) in [5, 5.41) is 0. The van der Waals surface area contributed by atoms with Gasteiger partial charge in [0.15, 0.2) is 0 Å². The fraction of sp³-hybridized carbons (Fsp3) is 0.588. The van der Waals surface area contributed by atoms with Crippen molar-refractivity contribution in [1.29, 1.82) is 0 Å². The number of hydrogen-bond donors (Lipinski definition) is 1. The maximum atomic E-state index is 12.4. The van der Waals surface area contributed by atoms with Crippen LogP contribution in [0.5, 0.6) is 0 Å². The van der Waals surface area contributed by atoms with Crippen LogP contribution in [0, 0.1) is 11.8 Å². The smallest absolute Gasteiger partial charge is 0.138 e. The van der Waals surface area contributed by atoms with Gasteiger partial charge in [-0.2, -0.15) is 0 Å². The summed E-state index contributed by atoms with van der Waals surface area (Å²) in [4.78, 5) is 12.4. The van der Waals surface area contributed by atoms with Gasteiger partial charge in [0.25, 0.3) is 0 Å². The van der Waals surface area contributed by atoms with Gasteiger partial charge in [0, 0.05) is 18.9 Å². The number of aryl methyl sites for hydroxylation is 1. The summed E-state index contributed by atoms with van der Waals surface area (Å²) in [6.07, 6.45) is 4.16. The SMILES string of the molecule is CC(C)C(CN)C(=O)CC1CCCc2ccccc21. The highest BCUT2D eigenvalue weighted by molar-refractivity contribution is 5.82. The Morgan fingerprint density at radius 3 is 2.79 bits per heavy atom. The molecule has 1 aliphatic rings. The molecule has 19 heavy (non-hydrogen) atoms. The molecule has 1 aromatic carbocycles. The van der Waals surface area contributed by atoms with Gasteiger partial charge < -0.3 is 5.73 Å². The van der Waals surface area contributed by atoms with Crippen LogP contribution in [0.2, 0.25) is 0 Å². The maximum Gasteiger partial charge on any atom is 0.138 e. The highest BCUT2D eigenvalue weighted by Crippen LogP contribution is 2.35. The van der Waals surface area contributed by atoms with E-state index in [0.717, 1.165) is 12.8 Å². The Kier molecular flexibility index (Phi) is 4.76.